The molecule has 2 aliphatic heterocycles. The van der Waals surface area contributed by atoms with Gasteiger partial charge < -0.3 is 20.1 Å². The smallest absolute Gasteiger partial charge is 0.248 e. The topological polar surface area (TPSA) is 112 Å². The maximum Gasteiger partial charge on any atom is 0.248 e. The lowest BCUT2D eigenvalue weighted by molar-refractivity contribution is -0.156. The first-order valence-corrected chi connectivity index (χ1v) is 14.7. The van der Waals surface area contributed by atoms with Crippen LogP contribution in [0.15, 0.2) is 65.7 Å². The highest BCUT2D eigenvalue weighted by Crippen LogP contribution is 2.32. The largest absolute Gasteiger partial charge is 0.376 e. The Kier molecular flexibility index (Phi) is 7.78. The van der Waals surface area contributed by atoms with E-state index in [1.54, 1.807) is 25.1 Å². The zero-order chi connectivity index (χ0) is 26.7. The number of nitrogens with zero attached hydrogens (tertiary/aromatic N) is 2. The van der Waals surface area contributed by atoms with Crippen LogP contribution in [-0.4, -0.2) is 57.2 Å². The van der Waals surface area contributed by atoms with Crippen molar-refractivity contribution in [1.29, 1.82) is 0 Å². The monoisotopic (exact) mass is 535 g/mol. The first kappa shape index (κ1) is 26.3. The average molecular weight is 536 g/mol. The third-order valence-electron chi connectivity index (χ3n) is 7.25. The van der Waals surface area contributed by atoms with Gasteiger partial charge in [0, 0.05) is 36.1 Å². The van der Waals surface area contributed by atoms with Crippen molar-refractivity contribution >= 4 is 21.4 Å². The van der Waals surface area contributed by atoms with Gasteiger partial charge in [0.15, 0.2) is 9.84 Å². The van der Waals surface area contributed by atoms with Gasteiger partial charge in [-0.15, -0.1) is 0 Å². The van der Waals surface area contributed by atoms with Gasteiger partial charge in [-0.1, -0.05) is 37.3 Å². The number of carbonyl (C=O) groups is 1. The van der Waals surface area contributed by atoms with Gasteiger partial charge in [-0.3, -0.25) is 9.78 Å². The van der Waals surface area contributed by atoms with E-state index in [0.29, 0.717) is 30.9 Å². The van der Waals surface area contributed by atoms with E-state index >= 15 is 0 Å². The summed E-state index contributed by atoms with van der Waals surface area (Å²) in [6.07, 6.45) is 4.54. The number of primary amides is 1. The van der Waals surface area contributed by atoms with Crippen LogP contribution in [0.5, 0.6) is 0 Å². The maximum absolute atomic E-state index is 12.2. The lowest BCUT2D eigenvalue weighted by Gasteiger charge is -2.42. The van der Waals surface area contributed by atoms with Gasteiger partial charge in [0.1, 0.15) is 12.3 Å². The van der Waals surface area contributed by atoms with Crippen LogP contribution in [-0.2, 0) is 38.6 Å². The minimum Gasteiger partial charge on any atom is -0.376 e. The van der Waals surface area contributed by atoms with Crippen LogP contribution in [0, 0.1) is 0 Å². The predicted octanol–water partition coefficient (Wildman–Crippen LogP) is 3.30. The summed E-state index contributed by atoms with van der Waals surface area (Å²) in [6.45, 7) is 3.64. The predicted molar refractivity (Wildman–Crippen MR) is 145 cm³/mol. The molecule has 2 aromatic carbocycles. The molecule has 0 spiro atoms. The van der Waals surface area contributed by atoms with Gasteiger partial charge in [0.05, 0.1) is 23.9 Å². The third kappa shape index (κ3) is 5.75. The maximum atomic E-state index is 12.2. The van der Waals surface area contributed by atoms with E-state index in [1.807, 2.05) is 12.1 Å². The van der Waals surface area contributed by atoms with Gasteiger partial charge in [-0.25, -0.2) is 8.42 Å². The Morgan fingerprint density at radius 3 is 2.66 bits per heavy atom. The molecule has 8 nitrogen and oxygen atoms in total. The van der Waals surface area contributed by atoms with Crippen molar-refractivity contribution in [2.24, 2.45) is 5.73 Å². The summed E-state index contributed by atoms with van der Waals surface area (Å²) >= 11 is 0. The van der Waals surface area contributed by atoms with E-state index in [9.17, 15) is 13.2 Å². The molecule has 1 fully saturated rings. The zero-order valence-electron chi connectivity index (χ0n) is 21.5. The Hall–Kier alpha value is -3.27. The molecule has 9 heteroatoms. The summed E-state index contributed by atoms with van der Waals surface area (Å²) in [5, 5.41) is 0. The second kappa shape index (κ2) is 11.2. The zero-order valence-corrected chi connectivity index (χ0v) is 22.3. The van der Waals surface area contributed by atoms with Crippen molar-refractivity contribution < 1.29 is 22.7 Å². The number of benzene rings is 2. The fraction of sp³-hybridized carbons (Fsp3) is 0.379. The van der Waals surface area contributed by atoms with Crippen LogP contribution in [0.1, 0.15) is 46.1 Å². The van der Waals surface area contributed by atoms with Crippen LogP contribution in [0.2, 0.25) is 0 Å². The lowest BCUT2D eigenvalue weighted by Crippen LogP contribution is -2.48. The Morgan fingerprint density at radius 2 is 1.97 bits per heavy atom. The number of pyridine rings is 1. The van der Waals surface area contributed by atoms with Crippen LogP contribution < -0.4 is 10.6 Å². The fourth-order valence-corrected chi connectivity index (χ4v) is 5.84. The molecule has 1 atom stereocenters. The molecular weight excluding hydrogens is 502 g/mol. The number of nitrogens with two attached hydrogens (primary N) is 1. The Balaban J connectivity index is 1.35. The van der Waals surface area contributed by atoms with Crippen molar-refractivity contribution in [1.82, 2.24) is 4.98 Å². The molecule has 0 saturated carbocycles. The van der Waals surface area contributed by atoms with Gasteiger partial charge in [-0.2, -0.15) is 0 Å². The molecule has 2 aliphatic rings. The van der Waals surface area contributed by atoms with Gasteiger partial charge in [0.25, 0.3) is 0 Å². The number of fused-ring (bicyclic) bond motifs is 1. The number of anilines is 1. The van der Waals surface area contributed by atoms with Crippen molar-refractivity contribution in [2.75, 3.05) is 30.4 Å². The third-order valence-corrected chi connectivity index (χ3v) is 8.97. The molecular formula is C29H33N3O5S. The first-order valence-electron chi connectivity index (χ1n) is 13.0. The number of sulfone groups is 1. The van der Waals surface area contributed by atoms with E-state index in [2.05, 4.69) is 34.1 Å². The SMILES string of the molecule is CCS(=O)(=O)c1ccc(Cc2cc(CCN3c4ccccc4CCC3OC3COC3)ccc2C(N)=O)nc1. The number of rotatable bonds is 10. The number of amides is 1. The molecule has 2 N–H and O–H groups in total. The fourth-order valence-electron chi connectivity index (χ4n) is 5.01. The summed E-state index contributed by atoms with van der Waals surface area (Å²) in [6, 6.07) is 17.4. The number of aromatic nitrogens is 1. The second-order valence-electron chi connectivity index (χ2n) is 9.78. The molecule has 3 aromatic rings. The molecule has 1 unspecified atom stereocenters. The van der Waals surface area contributed by atoms with Crippen LogP contribution in [0.3, 0.4) is 0 Å². The summed E-state index contributed by atoms with van der Waals surface area (Å²) in [7, 11) is -3.32. The van der Waals surface area contributed by atoms with Crippen LogP contribution >= 0.6 is 0 Å². The lowest BCUT2D eigenvalue weighted by atomic mass is 9.96. The minimum atomic E-state index is -3.32. The van der Waals surface area contributed by atoms with Crippen molar-refractivity contribution in [3.8, 4) is 0 Å². The Bertz CT molecular complexity index is 1400. The first-order chi connectivity index (χ1) is 18.3. The molecule has 1 aromatic heterocycles. The molecule has 1 amide bonds. The summed E-state index contributed by atoms with van der Waals surface area (Å²) in [4.78, 5) is 19.0. The molecule has 0 bridgehead atoms. The van der Waals surface area contributed by atoms with E-state index in [-0.39, 0.29) is 23.0 Å². The highest BCUT2D eigenvalue weighted by molar-refractivity contribution is 7.91. The molecule has 200 valence electrons. The van der Waals surface area contributed by atoms with E-state index in [4.69, 9.17) is 15.2 Å². The molecule has 3 heterocycles. The van der Waals surface area contributed by atoms with E-state index in [1.165, 1.54) is 17.4 Å². The quantitative estimate of drug-likeness (QED) is 0.424. The van der Waals surface area contributed by atoms with Gasteiger partial charge in [0.2, 0.25) is 5.91 Å². The van der Waals surface area contributed by atoms with Crippen molar-refractivity contribution in [3.05, 3.63) is 88.7 Å². The standard InChI is InChI=1S/C29H33N3O5S/c1-2-38(34,35)25-10-9-23(31-17-25)16-22-15-20(7-11-26(22)29(30)33)13-14-32-27-6-4-3-5-21(27)8-12-28(32)37-24-18-36-19-24/h3-7,9-11,15,17,24,28H,2,8,12-14,16,18-19H2,1H3,(H2,30,33). The molecule has 1 saturated heterocycles. The number of aryl methyl sites for hydroxylation is 1. The van der Waals surface area contributed by atoms with Crippen LogP contribution in [0.25, 0.3) is 0 Å². The summed E-state index contributed by atoms with van der Waals surface area (Å²) in [5.74, 6) is -0.484. The summed E-state index contributed by atoms with van der Waals surface area (Å²) < 4.78 is 35.9. The normalized spacial score (nSPS) is 17.6. The van der Waals surface area contributed by atoms with E-state index < -0.39 is 15.7 Å². The average Bonchev–Trinajstić information content (AvgIpc) is 2.90. The molecule has 0 aliphatic carbocycles. The number of hydrogen-bond acceptors (Lipinski definition) is 7. The highest BCUT2D eigenvalue weighted by Gasteiger charge is 2.31. The Morgan fingerprint density at radius 1 is 1.16 bits per heavy atom. The second-order valence-corrected chi connectivity index (χ2v) is 12.1. The van der Waals surface area contributed by atoms with Gasteiger partial charge >= 0.3 is 0 Å². The van der Waals surface area contributed by atoms with Gasteiger partial charge in [-0.05, 0) is 60.2 Å². The molecule has 5 rings (SSSR count). The Labute approximate surface area is 223 Å². The van der Waals surface area contributed by atoms with Crippen molar-refractivity contribution in [3.63, 3.8) is 0 Å². The van der Waals surface area contributed by atoms with E-state index in [0.717, 1.165) is 36.9 Å². The number of para-hydroxylation sites is 1. The minimum absolute atomic E-state index is 0.00900. The summed E-state index contributed by atoms with van der Waals surface area (Å²) in [5.41, 5.74) is 11.1. The van der Waals surface area contributed by atoms with Crippen molar-refractivity contribution in [2.45, 2.75) is 49.8 Å². The van der Waals surface area contributed by atoms with Crippen LogP contribution in [0.4, 0.5) is 5.69 Å². The highest BCUT2D eigenvalue weighted by atomic mass is 32.2. The molecule has 0 radical (unpaired) electrons. The number of ether oxygens (including phenoxy) is 2. The number of hydrogen-bond donors (Lipinski definition) is 1. The number of carbonyl (C=O) groups excluding carboxylic acids is 1. The molecule has 38 heavy (non-hydrogen) atoms.